The number of hydrogen-bond acceptors (Lipinski definition) is 3. The summed E-state index contributed by atoms with van der Waals surface area (Å²) >= 11 is 6.16. The number of rotatable bonds is 8. The molecule has 8 heteroatoms. The summed E-state index contributed by atoms with van der Waals surface area (Å²) < 4.78 is 48.8. The second-order valence-electron chi connectivity index (χ2n) is 6.56. The lowest BCUT2D eigenvalue weighted by molar-refractivity contribution is -0.137. The van der Waals surface area contributed by atoms with Crippen LogP contribution in [0, 0.1) is 5.92 Å². The Hall–Kier alpha value is -2.41. The number of halogens is 4. The highest BCUT2D eigenvalue weighted by Gasteiger charge is 2.30. The van der Waals surface area contributed by atoms with E-state index in [0.717, 1.165) is 25.0 Å². The highest BCUT2D eigenvalue weighted by molar-refractivity contribution is 6.32. The lowest BCUT2D eigenvalue weighted by Crippen LogP contribution is -2.28. The molecule has 1 N–H and O–H groups in total. The number of carbonyl (C=O) groups excluding carboxylic acids is 1. The van der Waals surface area contributed by atoms with E-state index < -0.39 is 11.7 Å². The Labute approximate surface area is 165 Å². The second kappa shape index (κ2) is 8.73. The smallest absolute Gasteiger partial charge is 0.416 e. The zero-order valence-corrected chi connectivity index (χ0v) is 15.6. The first-order chi connectivity index (χ1) is 13.3. The molecule has 1 aliphatic rings. The van der Waals surface area contributed by atoms with Gasteiger partial charge in [-0.05, 0) is 55.2 Å². The zero-order valence-electron chi connectivity index (χ0n) is 14.9. The summed E-state index contributed by atoms with van der Waals surface area (Å²) in [7, 11) is 0. The summed E-state index contributed by atoms with van der Waals surface area (Å²) in [6.07, 6.45) is -1.57. The lowest BCUT2D eigenvalue weighted by Gasteiger charge is -2.12. The summed E-state index contributed by atoms with van der Waals surface area (Å²) in [5.41, 5.74) is -0.745. The first-order valence-corrected chi connectivity index (χ1v) is 9.23. The van der Waals surface area contributed by atoms with Crippen molar-refractivity contribution in [3.8, 4) is 17.2 Å². The van der Waals surface area contributed by atoms with E-state index in [9.17, 15) is 18.0 Å². The molecule has 0 unspecified atom stereocenters. The van der Waals surface area contributed by atoms with Gasteiger partial charge in [-0.2, -0.15) is 13.2 Å². The fourth-order valence-corrected chi connectivity index (χ4v) is 2.74. The van der Waals surface area contributed by atoms with Crippen molar-refractivity contribution >= 4 is 17.5 Å². The van der Waals surface area contributed by atoms with Gasteiger partial charge in [0.1, 0.15) is 23.9 Å². The zero-order chi connectivity index (χ0) is 20.1. The minimum absolute atomic E-state index is 0.0255. The van der Waals surface area contributed by atoms with E-state index in [1.807, 2.05) is 0 Å². The average molecular weight is 414 g/mol. The van der Waals surface area contributed by atoms with Gasteiger partial charge in [-0.3, -0.25) is 4.79 Å². The molecule has 0 heterocycles. The highest BCUT2D eigenvalue weighted by atomic mass is 35.5. The molecular weight excluding hydrogens is 395 g/mol. The Kier molecular flexibility index (Phi) is 6.34. The summed E-state index contributed by atoms with van der Waals surface area (Å²) in [6, 6.07) is 9.10. The molecule has 0 aromatic heterocycles. The summed E-state index contributed by atoms with van der Waals surface area (Å²) in [5.74, 6) is 1.62. The maximum absolute atomic E-state index is 12.6. The number of hydrogen-bond donors (Lipinski definition) is 1. The van der Waals surface area contributed by atoms with E-state index in [0.29, 0.717) is 35.4 Å². The van der Waals surface area contributed by atoms with E-state index in [1.54, 1.807) is 12.1 Å². The molecule has 0 radical (unpaired) electrons. The molecule has 0 bridgehead atoms. The van der Waals surface area contributed by atoms with Crippen molar-refractivity contribution in [1.82, 2.24) is 5.32 Å². The van der Waals surface area contributed by atoms with Crippen LogP contribution in [0.25, 0.3) is 0 Å². The summed E-state index contributed by atoms with van der Waals surface area (Å²) in [6.45, 7) is 0.654. The number of alkyl halides is 3. The van der Waals surface area contributed by atoms with Gasteiger partial charge >= 0.3 is 6.18 Å². The molecule has 2 aromatic rings. The predicted octanol–water partition coefficient (Wildman–Crippen LogP) is 5.45. The van der Waals surface area contributed by atoms with Crippen LogP contribution >= 0.6 is 11.6 Å². The van der Waals surface area contributed by atoms with Crippen LogP contribution in [0.15, 0.2) is 42.5 Å². The number of benzene rings is 2. The molecule has 0 atom stereocenters. The van der Waals surface area contributed by atoms with Crippen molar-refractivity contribution in [3.05, 3.63) is 53.1 Å². The minimum Gasteiger partial charge on any atom is -0.490 e. The molecule has 1 amide bonds. The van der Waals surface area contributed by atoms with Crippen LogP contribution in [-0.2, 0) is 11.0 Å². The number of nitrogens with one attached hydrogen (secondary N) is 1. The Bertz CT molecular complexity index is 820. The first kappa shape index (κ1) is 20.3. The van der Waals surface area contributed by atoms with Crippen molar-refractivity contribution in [2.24, 2.45) is 5.92 Å². The monoisotopic (exact) mass is 413 g/mol. The number of ether oxygens (including phenoxy) is 2. The maximum Gasteiger partial charge on any atom is 0.416 e. The van der Waals surface area contributed by atoms with Crippen molar-refractivity contribution in [1.29, 1.82) is 0 Å². The normalized spacial score (nSPS) is 13.9. The topological polar surface area (TPSA) is 47.6 Å². The molecule has 150 valence electrons. The molecule has 1 saturated carbocycles. The Morgan fingerprint density at radius 2 is 1.79 bits per heavy atom. The molecule has 28 heavy (non-hydrogen) atoms. The lowest BCUT2D eigenvalue weighted by atomic mass is 10.2. The standard InChI is InChI=1S/C20H19ClF3NO3/c21-17-12-16(28-15-5-3-14(4-6-15)20(22,23)24)7-8-18(17)27-10-9-25-19(26)11-13-1-2-13/h3-8,12-13H,1-2,9-11H2,(H,25,26). The molecule has 0 aliphatic heterocycles. The van der Waals surface area contributed by atoms with Gasteiger partial charge < -0.3 is 14.8 Å². The Morgan fingerprint density at radius 3 is 2.39 bits per heavy atom. The van der Waals surface area contributed by atoms with Crippen LogP contribution in [0.4, 0.5) is 13.2 Å². The summed E-state index contributed by atoms with van der Waals surface area (Å²) in [4.78, 5) is 11.6. The predicted molar refractivity (Wildman–Crippen MR) is 98.8 cm³/mol. The van der Waals surface area contributed by atoms with Gasteiger partial charge in [0.25, 0.3) is 0 Å². The van der Waals surface area contributed by atoms with Gasteiger partial charge in [0.05, 0.1) is 17.1 Å². The van der Waals surface area contributed by atoms with Crippen LogP contribution in [0.2, 0.25) is 5.02 Å². The van der Waals surface area contributed by atoms with Gasteiger partial charge in [0.15, 0.2) is 0 Å². The van der Waals surface area contributed by atoms with E-state index in [-0.39, 0.29) is 18.3 Å². The second-order valence-corrected chi connectivity index (χ2v) is 6.97. The van der Waals surface area contributed by atoms with Crippen molar-refractivity contribution in [2.75, 3.05) is 13.2 Å². The van der Waals surface area contributed by atoms with Crippen LogP contribution in [0.3, 0.4) is 0 Å². The van der Waals surface area contributed by atoms with Gasteiger partial charge in [0.2, 0.25) is 5.91 Å². The summed E-state index contributed by atoms with van der Waals surface area (Å²) in [5, 5.41) is 3.09. The van der Waals surface area contributed by atoms with Crippen LogP contribution in [0.1, 0.15) is 24.8 Å². The third-order valence-electron chi connectivity index (χ3n) is 4.17. The van der Waals surface area contributed by atoms with Gasteiger partial charge in [-0.1, -0.05) is 11.6 Å². The average Bonchev–Trinajstić information content (AvgIpc) is 3.44. The molecule has 0 saturated heterocycles. The molecule has 0 spiro atoms. The van der Waals surface area contributed by atoms with Crippen LogP contribution < -0.4 is 14.8 Å². The SMILES string of the molecule is O=C(CC1CC1)NCCOc1ccc(Oc2ccc(C(F)(F)F)cc2)cc1Cl. The maximum atomic E-state index is 12.6. The minimum atomic E-state index is -4.39. The quantitative estimate of drug-likeness (QED) is 0.586. The fraction of sp³-hybridized carbons (Fsp3) is 0.350. The van der Waals surface area contributed by atoms with Crippen molar-refractivity contribution < 1.29 is 27.4 Å². The van der Waals surface area contributed by atoms with Crippen LogP contribution in [-0.4, -0.2) is 19.1 Å². The van der Waals surface area contributed by atoms with Gasteiger partial charge in [-0.15, -0.1) is 0 Å². The molecule has 4 nitrogen and oxygen atoms in total. The van der Waals surface area contributed by atoms with E-state index in [1.165, 1.54) is 18.2 Å². The molecule has 1 fully saturated rings. The third kappa shape index (κ3) is 6.05. The van der Waals surface area contributed by atoms with Crippen molar-refractivity contribution in [3.63, 3.8) is 0 Å². The van der Waals surface area contributed by atoms with Crippen molar-refractivity contribution in [2.45, 2.75) is 25.4 Å². The van der Waals surface area contributed by atoms with Gasteiger partial charge in [-0.25, -0.2) is 0 Å². The molecule has 2 aromatic carbocycles. The molecular formula is C20H19ClF3NO3. The Morgan fingerprint density at radius 1 is 1.11 bits per heavy atom. The highest BCUT2D eigenvalue weighted by Crippen LogP contribution is 2.34. The van der Waals surface area contributed by atoms with E-state index >= 15 is 0 Å². The van der Waals surface area contributed by atoms with E-state index in [4.69, 9.17) is 21.1 Å². The largest absolute Gasteiger partial charge is 0.490 e. The van der Waals surface area contributed by atoms with Crippen LogP contribution in [0.5, 0.6) is 17.2 Å². The third-order valence-corrected chi connectivity index (χ3v) is 4.47. The molecule has 1 aliphatic carbocycles. The molecule has 3 rings (SSSR count). The van der Waals surface area contributed by atoms with E-state index in [2.05, 4.69) is 5.32 Å². The Balaban J connectivity index is 1.48. The fourth-order valence-electron chi connectivity index (χ4n) is 2.52. The first-order valence-electron chi connectivity index (χ1n) is 8.85. The van der Waals surface area contributed by atoms with Gasteiger partial charge in [0, 0.05) is 12.5 Å². The number of carbonyl (C=O) groups is 1. The number of amides is 1.